The Bertz CT molecular complexity index is 624. The van der Waals surface area contributed by atoms with Crippen molar-refractivity contribution >= 4 is 9.84 Å². The molecule has 2 aliphatic heterocycles. The summed E-state index contributed by atoms with van der Waals surface area (Å²) in [6, 6.07) is 8.78. The van der Waals surface area contributed by atoms with E-state index in [4.69, 9.17) is 0 Å². The van der Waals surface area contributed by atoms with Gasteiger partial charge < -0.3 is 5.32 Å². The molecule has 1 aromatic carbocycles. The van der Waals surface area contributed by atoms with E-state index >= 15 is 0 Å². The minimum atomic E-state index is -2.88. The number of hydrogen-bond donors (Lipinski definition) is 1. The van der Waals surface area contributed by atoms with Crippen molar-refractivity contribution in [1.29, 1.82) is 0 Å². The Morgan fingerprint density at radius 2 is 1.91 bits per heavy atom. The van der Waals surface area contributed by atoms with Crippen LogP contribution >= 0.6 is 0 Å². The van der Waals surface area contributed by atoms with Gasteiger partial charge in [0.05, 0.1) is 11.5 Å². The van der Waals surface area contributed by atoms with Crippen LogP contribution in [0.2, 0.25) is 0 Å². The first-order valence-electron chi connectivity index (χ1n) is 8.77. The second-order valence-electron chi connectivity index (χ2n) is 6.98. The molecular formula is C18H28N2O2S. The third-order valence-corrected chi connectivity index (χ3v) is 6.94. The van der Waals surface area contributed by atoms with Gasteiger partial charge >= 0.3 is 0 Å². The van der Waals surface area contributed by atoms with Gasteiger partial charge in [0, 0.05) is 12.1 Å². The van der Waals surface area contributed by atoms with Crippen LogP contribution in [0.4, 0.5) is 0 Å². The SMILES string of the molecule is Cc1ccccc1CCCN[C@@H]1CS(=O)(=O)C[C@H]1N1CCCC1. The topological polar surface area (TPSA) is 49.4 Å². The minimum absolute atomic E-state index is 0.106. The molecule has 0 unspecified atom stereocenters. The third-order valence-electron chi connectivity index (χ3n) is 5.22. The molecule has 2 atom stereocenters. The smallest absolute Gasteiger partial charge is 0.153 e. The molecule has 0 aliphatic carbocycles. The number of rotatable bonds is 6. The highest BCUT2D eigenvalue weighted by molar-refractivity contribution is 7.91. The molecule has 2 aliphatic rings. The van der Waals surface area contributed by atoms with Gasteiger partial charge in [0.2, 0.25) is 0 Å². The van der Waals surface area contributed by atoms with Gasteiger partial charge in [-0.15, -0.1) is 0 Å². The van der Waals surface area contributed by atoms with Crippen LogP contribution in [0.1, 0.15) is 30.4 Å². The number of hydrogen-bond acceptors (Lipinski definition) is 4. The van der Waals surface area contributed by atoms with E-state index in [0.29, 0.717) is 11.5 Å². The predicted molar refractivity (Wildman–Crippen MR) is 94.5 cm³/mol. The Morgan fingerprint density at radius 3 is 2.65 bits per heavy atom. The van der Waals surface area contributed by atoms with Crippen molar-refractivity contribution < 1.29 is 8.42 Å². The summed E-state index contributed by atoms with van der Waals surface area (Å²) in [5, 5.41) is 3.53. The van der Waals surface area contributed by atoms with Crippen LogP contribution in [0.15, 0.2) is 24.3 Å². The van der Waals surface area contributed by atoms with Crippen molar-refractivity contribution in [3.63, 3.8) is 0 Å². The van der Waals surface area contributed by atoms with Gasteiger partial charge in [0.1, 0.15) is 0 Å². The Kier molecular flexibility index (Phi) is 5.39. The molecule has 128 valence electrons. The lowest BCUT2D eigenvalue weighted by Crippen LogP contribution is -2.48. The maximum absolute atomic E-state index is 12.0. The molecule has 2 saturated heterocycles. The number of benzene rings is 1. The zero-order chi connectivity index (χ0) is 16.3. The Labute approximate surface area is 140 Å². The number of likely N-dealkylation sites (tertiary alicyclic amines) is 1. The highest BCUT2D eigenvalue weighted by atomic mass is 32.2. The molecule has 1 aromatic rings. The van der Waals surface area contributed by atoms with E-state index in [-0.39, 0.29) is 12.1 Å². The zero-order valence-electron chi connectivity index (χ0n) is 14.0. The summed E-state index contributed by atoms with van der Waals surface area (Å²) in [6.07, 6.45) is 4.51. The predicted octanol–water partition coefficient (Wildman–Crippen LogP) is 1.78. The largest absolute Gasteiger partial charge is 0.311 e. The maximum Gasteiger partial charge on any atom is 0.153 e. The van der Waals surface area contributed by atoms with Crippen LogP contribution in [0.5, 0.6) is 0 Å². The molecular weight excluding hydrogens is 308 g/mol. The first-order valence-corrected chi connectivity index (χ1v) is 10.6. The van der Waals surface area contributed by atoms with E-state index < -0.39 is 9.84 Å². The van der Waals surface area contributed by atoms with Crippen molar-refractivity contribution in [1.82, 2.24) is 10.2 Å². The van der Waals surface area contributed by atoms with Crippen molar-refractivity contribution in [2.75, 3.05) is 31.1 Å². The molecule has 4 nitrogen and oxygen atoms in total. The van der Waals surface area contributed by atoms with Crippen LogP contribution in [0.3, 0.4) is 0 Å². The van der Waals surface area contributed by atoms with Crippen molar-refractivity contribution in [2.24, 2.45) is 0 Å². The van der Waals surface area contributed by atoms with Gasteiger partial charge in [-0.1, -0.05) is 24.3 Å². The lowest BCUT2D eigenvalue weighted by atomic mass is 10.0. The van der Waals surface area contributed by atoms with Crippen LogP contribution in [0, 0.1) is 6.92 Å². The van der Waals surface area contributed by atoms with Gasteiger partial charge in [-0.2, -0.15) is 0 Å². The number of nitrogens with one attached hydrogen (secondary N) is 1. The standard InChI is InChI=1S/C18H28N2O2S/c1-15-7-2-3-8-16(15)9-6-10-19-17-13-23(21,22)14-18(17)20-11-4-5-12-20/h2-3,7-8,17-19H,4-6,9-14H2,1H3/t17-,18-/m1/s1. The summed E-state index contributed by atoms with van der Waals surface area (Å²) in [4.78, 5) is 2.38. The fourth-order valence-electron chi connectivity index (χ4n) is 3.91. The quantitative estimate of drug-likeness (QED) is 0.805. The van der Waals surface area contributed by atoms with E-state index in [1.54, 1.807) is 0 Å². The molecule has 2 heterocycles. The van der Waals surface area contributed by atoms with E-state index in [9.17, 15) is 8.42 Å². The zero-order valence-corrected chi connectivity index (χ0v) is 14.8. The van der Waals surface area contributed by atoms with Crippen LogP contribution in [-0.2, 0) is 16.3 Å². The molecule has 0 bridgehead atoms. The molecule has 0 radical (unpaired) electrons. The maximum atomic E-state index is 12.0. The normalized spacial score (nSPS) is 27.5. The number of nitrogens with zero attached hydrogens (tertiary/aromatic N) is 1. The lowest BCUT2D eigenvalue weighted by Gasteiger charge is -2.28. The van der Waals surface area contributed by atoms with Crippen molar-refractivity contribution in [3.8, 4) is 0 Å². The fourth-order valence-corrected chi connectivity index (χ4v) is 5.90. The molecule has 1 N–H and O–H groups in total. The number of aryl methyl sites for hydroxylation is 2. The summed E-state index contributed by atoms with van der Waals surface area (Å²) in [6.45, 7) is 5.15. The summed E-state index contributed by atoms with van der Waals surface area (Å²) >= 11 is 0. The Hall–Kier alpha value is -0.910. The molecule has 23 heavy (non-hydrogen) atoms. The fraction of sp³-hybridized carbons (Fsp3) is 0.667. The highest BCUT2D eigenvalue weighted by Crippen LogP contribution is 2.22. The Morgan fingerprint density at radius 1 is 1.17 bits per heavy atom. The lowest BCUT2D eigenvalue weighted by molar-refractivity contribution is 0.226. The van der Waals surface area contributed by atoms with Gasteiger partial charge in [-0.25, -0.2) is 8.42 Å². The average Bonchev–Trinajstić information content (AvgIpc) is 3.12. The molecule has 2 fully saturated rings. The highest BCUT2D eigenvalue weighted by Gasteiger charge is 2.41. The molecule has 5 heteroatoms. The van der Waals surface area contributed by atoms with Crippen molar-refractivity contribution in [2.45, 2.75) is 44.7 Å². The van der Waals surface area contributed by atoms with E-state index in [2.05, 4.69) is 41.4 Å². The van der Waals surface area contributed by atoms with E-state index in [0.717, 1.165) is 32.5 Å². The van der Waals surface area contributed by atoms with Crippen LogP contribution in [0.25, 0.3) is 0 Å². The van der Waals surface area contributed by atoms with Gasteiger partial charge in [-0.3, -0.25) is 4.90 Å². The van der Waals surface area contributed by atoms with Gasteiger partial charge in [0.15, 0.2) is 9.84 Å². The first kappa shape index (κ1) is 16.9. The second kappa shape index (κ2) is 7.32. The molecule has 0 amide bonds. The van der Waals surface area contributed by atoms with Gasteiger partial charge in [-0.05, 0) is 63.4 Å². The molecule has 0 aromatic heterocycles. The minimum Gasteiger partial charge on any atom is -0.311 e. The second-order valence-corrected chi connectivity index (χ2v) is 9.13. The first-order chi connectivity index (χ1) is 11.1. The van der Waals surface area contributed by atoms with E-state index in [1.165, 1.54) is 24.0 Å². The summed E-state index contributed by atoms with van der Waals surface area (Å²) in [5.74, 6) is 0.640. The van der Waals surface area contributed by atoms with Crippen molar-refractivity contribution in [3.05, 3.63) is 35.4 Å². The van der Waals surface area contributed by atoms with Crippen LogP contribution in [-0.4, -0.2) is 56.5 Å². The average molecular weight is 337 g/mol. The third kappa shape index (κ3) is 4.34. The summed E-state index contributed by atoms with van der Waals surface area (Å²) in [5.41, 5.74) is 2.73. The van der Waals surface area contributed by atoms with E-state index in [1.807, 2.05) is 0 Å². The Balaban J connectivity index is 1.51. The molecule has 3 rings (SSSR count). The summed E-state index contributed by atoms with van der Waals surface area (Å²) in [7, 11) is -2.88. The number of sulfone groups is 1. The monoisotopic (exact) mass is 336 g/mol. The van der Waals surface area contributed by atoms with Crippen LogP contribution < -0.4 is 5.32 Å². The van der Waals surface area contributed by atoms with Gasteiger partial charge in [0.25, 0.3) is 0 Å². The molecule has 0 spiro atoms. The summed E-state index contributed by atoms with van der Waals surface area (Å²) < 4.78 is 24.1. The molecule has 0 saturated carbocycles.